The fourth-order valence-corrected chi connectivity index (χ4v) is 4.04. The molecule has 0 atom stereocenters. The maximum atomic E-state index is 12.9. The summed E-state index contributed by atoms with van der Waals surface area (Å²) in [5, 5.41) is 7.91. The number of fused-ring (bicyclic) bond motifs is 3. The number of halogens is 1. The molecule has 0 spiro atoms. The molecule has 164 valence electrons. The quantitative estimate of drug-likeness (QED) is 0.357. The zero-order valence-electron chi connectivity index (χ0n) is 17.7. The van der Waals surface area contributed by atoms with Gasteiger partial charge in [0.05, 0.1) is 22.1 Å². The third-order valence-electron chi connectivity index (χ3n) is 5.64. The topological polar surface area (TPSA) is 79.8 Å². The predicted octanol–water partition coefficient (Wildman–Crippen LogP) is 4.88. The van der Waals surface area contributed by atoms with Crippen LogP contribution in [0.2, 0.25) is 5.02 Å². The second-order valence-electron chi connectivity index (χ2n) is 7.85. The summed E-state index contributed by atoms with van der Waals surface area (Å²) >= 11 is 5.97. The van der Waals surface area contributed by atoms with Gasteiger partial charge in [0.25, 0.3) is 11.5 Å². The van der Waals surface area contributed by atoms with Crippen molar-refractivity contribution < 1.29 is 4.79 Å². The van der Waals surface area contributed by atoms with Crippen LogP contribution >= 0.6 is 11.6 Å². The van der Waals surface area contributed by atoms with Crippen molar-refractivity contribution in [3.8, 4) is 5.69 Å². The van der Waals surface area contributed by atoms with Crippen LogP contribution in [-0.2, 0) is 6.42 Å². The Morgan fingerprint density at radius 3 is 2.58 bits per heavy atom. The fourth-order valence-electron chi connectivity index (χ4n) is 3.91. The van der Waals surface area contributed by atoms with Gasteiger partial charge in [-0.1, -0.05) is 41.9 Å². The summed E-state index contributed by atoms with van der Waals surface area (Å²) in [6, 6.07) is 22.5. The molecule has 2 aromatic heterocycles. The second kappa shape index (κ2) is 8.92. The number of carbonyl (C=O) groups is 1. The van der Waals surface area contributed by atoms with Gasteiger partial charge in [-0.05, 0) is 60.9 Å². The number of hydrogen-bond donors (Lipinski definition) is 2. The molecule has 0 bridgehead atoms. The number of hydrogen-bond acceptors (Lipinski definition) is 3. The van der Waals surface area contributed by atoms with E-state index in [1.807, 2.05) is 18.2 Å². The van der Waals surface area contributed by atoms with Crippen LogP contribution in [0.5, 0.6) is 0 Å². The maximum absolute atomic E-state index is 12.9. The number of amides is 1. The number of nitrogens with one attached hydrogen (secondary N) is 2. The molecule has 1 amide bonds. The van der Waals surface area contributed by atoms with E-state index in [9.17, 15) is 9.59 Å². The normalized spacial score (nSPS) is 11.2. The molecule has 2 heterocycles. The van der Waals surface area contributed by atoms with Crippen molar-refractivity contribution in [2.45, 2.75) is 12.8 Å². The second-order valence-corrected chi connectivity index (χ2v) is 8.29. The van der Waals surface area contributed by atoms with Crippen molar-refractivity contribution in [1.29, 1.82) is 0 Å². The lowest BCUT2D eigenvalue weighted by atomic mass is 10.1. The van der Waals surface area contributed by atoms with Crippen molar-refractivity contribution in [2.24, 2.45) is 0 Å². The third kappa shape index (κ3) is 4.25. The largest absolute Gasteiger partial charge is 0.352 e. The molecule has 6 nitrogen and oxygen atoms in total. The number of aromatic amines is 1. The molecule has 0 saturated heterocycles. The molecule has 33 heavy (non-hydrogen) atoms. The van der Waals surface area contributed by atoms with E-state index in [1.165, 1.54) is 10.2 Å². The highest BCUT2D eigenvalue weighted by molar-refractivity contribution is 6.30. The average molecular weight is 457 g/mol. The first-order valence-electron chi connectivity index (χ1n) is 10.7. The van der Waals surface area contributed by atoms with Gasteiger partial charge in [0.2, 0.25) is 0 Å². The molecular weight excluding hydrogens is 436 g/mol. The molecule has 0 aliphatic heterocycles. The Balaban J connectivity index is 1.41. The Morgan fingerprint density at radius 1 is 1.00 bits per heavy atom. The van der Waals surface area contributed by atoms with E-state index in [0.717, 1.165) is 12.8 Å². The number of nitrogens with zero attached hydrogens (tertiary/aromatic N) is 2. The first-order valence-corrected chi connectivity index (χ1v) is 11.1. The van der Waals surface area contributed by atoms with Crippen LogP contribution in [0.15, 0.2) is 83.8 Å². The Morgan fingerprint density at radius 2 is 1.79 bits per heavy atom. The standard InChI is InChI=1S/C26H21ClN4O2/c27-19-9-11-20(12-10-19)31-26(33)22-16-29-23-13-8-18(15-21(23)24(22)30-31)25(32)28-14-4-7-17-5-2-1-3-6-17/h1-3,5-6,8-13,15-16,30H,4,7,14H2,(H,28,32). The molecule has 0 unspecified atom stereocenters. The summed E-state index contributed by atoms with van der Waals surface area (Å²) < 4.78 is 1.46. The van der Waals surface area contributed by atoms with Gasteiger partial charge in [-0.25, -0.2) is 4.68 Å². The Hall–Kier alpha value is -3.90. The Kier molecular flexibility index (Phi) is 5.67. The van der Waals surface area contributed by atoms with Gasteiger partial charge in [0.15, 0.2) is 0 Å². The van der Waals surface area contributed by atoms with Gasteiger partial charge in [-0.3, -0.25) is 19.7 Å². The minimum absolute atomic E-state index is 0.151. The SMILES string of the molecule is O=C(NCCCc1ccccc1)c1ccc2ncc3c(=O)n(-c4ccc(Cl)cc4)[nH]c3c2c1. The molecular formula is C26H21ClN4O2. The molecule has 5 aromatic rings. The number of aryl methyl sites for hydroxylation is 1. The van der Waals surface area contributed by atoms with Crippen LogP contribution in [0.1, 0.15) is 22.3 Å². The Labute approximate surface area is 194 Å². The number of aromatic nitrogens is 3. The first kappa shape index (κ1) is 21.0. The van der Waals surface area contributed by atoms with E-state index in [1.54, 1.807) is 48.7 Å². The number of H-pyrrole nitrogens is 1. The van der Waals surface area contributed by atoms with E-state index in [0.29, 0.717) is 44.6 Å². The van der Waals surface area contributed by atoms with Crippen molar-refractivity contribution in [3.05, 3.63) is 105 Å². The van der Waals surface area contributed by atoms with E-state index in [4.69, 9.17) is 11.6 Å². The van der Waals surface area contributed by atoms with Gasteiger partial charge in [-0.15, -0.1) is 0 Å². The van der Waals surface area contributed by atoms with Gasteiger partial charge in [0.1, 0.15) is 0 Å². The van der Waals surface area contributed by atoms with Crippen LogP contribution in [0, 0.1) is 0 Å². The van der Waals surface area contributed by atoms with Crippen molar-refractivity contribution >= 4 is 39.3 Å². The van der Waals surface area contributed by atoms with Crippen LogP contribution < -0.4 is 10.9 Å². The van der Waals surface area contributed by atoms with E-state index >= 15 is 0 Å². The number of pyridine rings is 1. The van der Waals surface area contributed by atoms with Crippen molar-refractivity contribution in [2.75, 3.05) is 6.54 Å². The van der Waals surface area contributed by atoms with E-state index < -0.39 is 0 Å². The van der Waals surface area contributed by atoms with E-state index in [2.05, 4.69) is 27.5 Å². The summed E-state index contributed by atoms with van der Waals surface area (Å²) in [5.74, 6) is -0.151. The Bertz CT molecular complexity index is 1510. The average Bonchev–Trinajstić information content (AvgIpc) is 3.19. The molecule has 0 saturated carbocycles. The predicted molar refractivity (Wildman–Crippen MR) is 131 cm³/mol. The van der Waals surface area contributed by atoms with Crippen LogP contribution in [-0.4, -0.2) is 27.2 Å². The minimum Gasteiger partial charge on any atom is -0.352 e. The number of carbonyl (C=O) groups excluding carboxylic acids is 1. The van der Waals surface area contributed by atoms with Crippen LogP contribution in [0.4, 0.5) is 0 Å². The van der Waals surface area contributed by atoms with Gasteiger partial charge in [0, 0.05) is 28.7 Å². The van der Waals surface area contributed by atoms with Gasteiger partial charge >= 0.3 is 0 Å². The van der Waals surface area contributed by atoms with Crippen molar-refractivity contribution in [1.82, 2.24) is 20.1 Å². The van der Waals surface area contributed by atoms with Gasteiger partial charge < -0.3 is 5.32 Å². The highest BCUT2D eigenvalue weighted by atomic mass is 35.5. The summed E-state index contributed by atoms with van der Waals surface area (Å²) in [4.78, 5) is 30.1. The molecule has 0 aliphatic rings. The molecule has 0 aliphatic carbocycles. The number of benzene rings is 3. The van der Waals surface area contributed by atoms with Crippen LogP contribution in [0.25, 0.3) is 27.5 Å². The summed E-state index contributed by atoms with van der Waals surface area (Å²) in [7, 11) is 0. The smallest absolute Gasteiger partial charge is 0.280 e. The van der Waals surface area contributed by atoms with Crippen LogP contribution in [0.3, 0.4) is 0 Å². The van der Waals surface area contributed by atoms with Gasteiger partial charge in [-0.2, -0.15) is 0 Å². The zero-order valence-corrected chi connectivity index (χ0v) is 18.5. The minimum atomic E-state index is -0.211. The maximum Gasteiger partial charge on any atom is 0.280 e. The highest BCUT2D eigenvalue weighted by Gasteiger charge is 2.14. The lowest BCUT2D eigenvalue weighted by Crippen LogP contribution is -2.24. The third-order valence-corrected chi connectivity index (χ3v) is 5.89. The molecule has 3 aromatic carbocycles. The zero-order chi connectivity index (χ0) is 22.8. The first-order chi connectivity index (χ1) is 16.1. The molecule has 0 radical (unpaired) electrons. The molecule has 0 fully saturated rings. The lowest BCUT2D eigenvalue weighted by molar-refractivity contribution is 0.0953. The lowest BCUT2D eigenvalue weighted by Gasteiger charge is -2.07. The summed E-state index contributed by atoms with van der Waals surface area (Å²) in [6.45, 7) is 0.581. The van der Waals surface area contributed by atoms with Crippen molar-refractivity contribution in [3.63, 3.8) is 0 Å². The number of rotatable bonds is 6. The molecule has 2 N–H and O–H groups in total. The summed E-state index contributed by atoms with van der Waals surface area (Å²) in [6.07, 6.45) is 3.32. The van der Waals surface area contributed by atoms with E-state index in [-0.39, 0.29) is 11.5 Å². The fraction of sp³-hybridized carbons (Fsp3) is 0.115. The highest BCUT2D eigenvalue weighted by Crippen LogP contribution is 2.23. The monoisotopic (exact) mass is 456 g/mol. The molecule has 7 heteroatoms. The summed E-state index contributed by atoms with van der Waals surface area (Å²) in [5.41, 5.74) is 3.57. The molecule has 5 rings (SSSR count).